The molecule has 0 radical (unpaired) electrons. The van der Waals surface area contributed by atoms with Gasteiger partial charge in [-0.3, -0.25) is 4.98 Å². The quantitative estimate of drug-likeness (QED) is 0.835. The molecule has 0 amide bonds. The highest BCUT2D eigenvalue weighted by atomic mass is 32.2. The zero-order valence-corrected chi connectivity index (χ0v) is 11.4. The molecule has 94 valence electrons. The van der Waals surface area contributed by atoms with Gasteiger partial charge in [0.05, 0.1) is 0 Å². The number of nitrogens with two attached hydrogens (primary N) is 1. The zero-order valence-electron chi connectivity index (χ0n) is 10.5. The van der Waals surface area contributed by atoms with Crippen LogP contribution in [0.25, 0.3) is 0 Å². The first-order chi connectivity index (χ1) is 8.75. The maximum Gasteiger partial charge on any atom is 0.0411 e. The van der Waals surface area contributed by atoms with E-state index in [2.05, 4.69) is 35.3 Å². The fourth-order valence-corrected chi connectivity index (χ4v) is 2.65. The van der Waals surface area contributed by atoms with Gasteiger partial charge in [0.2, 0.25) is 0 Å². The van der Waals surface area contributed by atoms with Crippen molar-refractivity contribution in [1.29, 1.82) is 0 Å². The van der Waals surface area contributed by atoms with E-state index in [1.807, 2.05) is 37.0 Å². The summed E-state index contributed by atoms with van der Waals surface area (Å²) in [6.07, 6.45) is 2.84. The van der Waals surface area contributed by atoms with Crippen LogP contribution in [0.1, 0.15) is 24.2 Å². The Morgan fingerprint density at radius 2 is 2.11 bits per heavy atom. The van der Waals surface area contributed by atoms with Gasteiger partial charge in [-0.15, -0.1) is 11.8 Å². The summed E-state index contributed by atoms with van der Waals surface area (Å²) >= 11 is 1.85. The highest BCUT2D eigenvalue weighted by Crippen LogP contribution is 2.22. The van der Waals surface area contributed by atoms with Gasteiger partial charge in [-0.05, 0) is 43.2 Å². The molecule has 0 aliphatic carbocycles. The molecular formula is C15H18N2S. The minimum Gasteiger partial charge on any atom is -0.324 e. The first-order valence-corrected chi connectivity index (χ1v) is 7.12. The number of nitrogens with zero attached hydrogens (tertiary/aromatic N) is 1. The molecule has 2 rings (SSSR count). The molecule has 0 bridgehead atoms. The van der Waals surface area contributed by atoms with E-state index in [4.69, 9.17) is 5.73 Å². The van der Waals surface area contributed by atoms with Crippen LogP contribution in [-0.2, 0) is 6.42 Å². The second-order valence-electron chi connectivity index (χ2n) is 4.28. The number of aromatic nitrogens is 1. The molecule has 0 fully saturated rings. The molecular weight excluding hydrogens is 240 g/mol. The lowest BCUT2D eigenvalue weighted by molar-refractivity contribution is 0.815. The highest BCUT2D eigenvalue weighted by molar-refractivity contribution is 7.99. The van der Waals surface area contributed by atoms with E-state index in [-0.39, 0.29) is 6.04 Å². The summed E-state index contributed by atoms with van der Waals surface area (Å²) in [6.45, 7) is 2.01. The van der Waals surface area contributed by atoms with E-state index < -0.39 is 0 Å². The van der Waals surface area contributed by atoms with Crippen LogP contribution in [0, 0.1) is 0 Å². The maximum absolute atomic E-state index is 5.88. The lowest BCUT2D eigenvalue weighted by atomic mass is 10.1. The van der Waals surface area contributed by atoms with Crippen molar-refractivity contribution in [3.63, 3.8) is 0 Å². The van der Waals surface area contributed by atoms with Crippen molar-refractivity contribution in [3.8, 4) is 0 Å². The molecule has 1 aromatic heterocycles. The SMILES string of the molecule is CC(N)c1cccc(SCCc2ccccn2)c1. The van der Waals surface area contributed by atoms with E-state index in [1.165, 1.54) is 10.5 Å². The van der Waals surface area contributed by atoms with Crippen molar-refractivity contribution in [2.75, 3.05) is 5.75 Å². The van der Waals surface area contributed by atoms with Crippen LogP contribution in [0.4, 0.5) is 0 Å². The van der Waals surface area contributed by atoms with Gasteiger partial charge in [0.25, 0.3) is 0 Å². The molecule has 18 heavy (non-hydrogen) atoms. The van der Waals surface area contributed by atoms with Gasteiger partial charge in [0.1, 0.15) is 0 Å². The van der Waals surface area contributed by atoms with Crippen LogP contribution in [-0.4, -0.2) is 10.7 Å². The Morgan fingerprint density at radius 1 is 1.22 bits per heavy atom. The van der Waals surface area contributed by atoms with Gasteiger partial charge in [-0.25, -0.2) is 0 Å². The van der Waals surface area contributed by atoms with Crippen LogP contribution in [0.2, 0.25) is 0 Å². The van der Waals surface area contributed by atoms with Crippen molar-refractivity contribution < 1.29 is 0 Å². The smallest absolute Gasteiger partial charge is 0.0411 e. The van der Waals surface area contributed by atoms with Gasteiger partial charge >= 0.3 is 0 Å². The third kappa shape index (κ3) is 3.86. The predicted molar refractivity (Wildman–Crippen MR) is 77.7 cm³/mol. The van der Waals surface area contributed by atoms with E-state index in [0.717, 1.165) is 17.9 Å². The summed E-state index contributed by atoms with van der Waals surface area (Å²) in [7, 11) is 0. The number of rotatable bonds is 5. The molecule has 1 aromatic carbocycles. The largest absolute Gasteiger partial charge is 0.324 e. The first kappa shape index (κ1) is 13.1. The van der Waals surface area contributed by atoms with Crippen molar-refractivity contribution in [1.82, 2.24) is 4.98 Å². The maximum atomic E-state index is 5.88. The number of aryl methyl sites for hydroxylation is 1. The molecule has 0 saturated carbocycles. The van der Waals surface area contributed by atoms with Gasteiger partial charge in [-0.1, -0.05) is 18.2 Å². The molecule has 3 heteroatoms. The van der Waals surface area contributed by atoms with Crippen molar-refractivity contribution in [2.45, 2.75) is 24.3 Å². The molecule has 1 atom stereocenters. The van der Waals surface area contributed by atoms with Crippen molar-refractivity contribution in [2.24, 2.45) is 5.73 Å². The Labute approximate surface area is 113 Å². The molecule has 2 aromatic rings. The average Bonchev–Trinajstić information content (AvgIpc) is 2.40. The summed E-state index contributed by atoms with van der Waals surface area (Å²) in [4.78, 5) is 5.60. The van der Waals surface area contributed by atoms with Crippen LogP contribution in [0.3, 0.4) is 0 Å². The Bertz CT molecular complexity index is 483. The Morgan fingerprint density at radius 3 is 2.83 bits per heavy atom. The molecule has 2 N–H and O–H groups in total. The summed E-state index contributed by atoms with van der Waals surface area (Å²) in [5.41, 5.74) is 8.22. The Kier molecular flexibility index (Phi) is 4.79. The number of hydrogen-bond acceptors (Lipinski definition) is 3. The standard InChI is InChI=1S/C15H18N2S/c1-12(16)13-5-4-7-15(11-13)18-10-8-14-6-2-3-9-17-14/h2-7,9,11-12H,8,10,16H2,1H3. The minimum absolute atomic E-state index is 0.0985. The van der Waals surface area contributed by atoms with Gasteiger partial charge in [0, 0.05) is 28.6 Å². The van der Waals surface area contributed by atoms with Crippen molar-refractivity contribution >= 4 is 11.8 Å². The van der Waals surface area contributed by atoms with Crippen molar-refractivity contribution in [3.05, 3.63) is 59.9 Å². The number of hydrogen-bond donors (Lipinski definition) is 1. The lowest BCUT2D eigenvalue weighted by Gasteiger charge is -2.07. The third-order valence-corrected chi connectivity index (χ3v) is 3.73. The number of benzene rings is 1. The second kappa shape index (κ2) is 6.57. The summed E-state index contributed by atoms with van der Waals surface area (Å²) < 4.78 is 0. The van der Waals surface area contributed by atoms with E-state index >= 15 is 0 Å². The normalized spacial score (nSPS) is 12.3. The molecule has 1 unspecified atom stereocenters. The van der Waals surface area contributed by atoms with Crippen LogP contribution >= 0.6 is 11.8 Å². The molecule has 0 saturated heterocycles. The van der Waals surface area contributed by atoms with E-state index in [0.29, 0.717) is 0 Å². The Balaban J connectivity index is 1.89. The van der Waals surface area contributed by atoms with Crippen LogP contribution in [0.15, 0.2) is 53.6 Å². The van der Waals surface area contributed by atoms with Gasteiger partial charge in [0.15, 0.2) is 0 Å². The topological polar surface area (TPSA) is 38.9 Å². The summed E-state index contributed by atoms with van der Waals surface area (Å²) in [5.74, 6) is 1.04. The lowest BCUT2D eigenvalue weighted by Crippen LogP contribution is -2.04. The van der Waals surface area contributed by atoms with Gasteiger partial charge < -0.3 is 5.73 Å². The molecule has 0 spiro atoms. The fourth-order valence-electron chi connectivity index (χ4n) is 1.71. The Hall–Kier alpha value is -1.32. The number of thioether (sulfide) groups is 1. The second-order valence-corrected chi connectivity index (χ2v) is 5.45. The average molecular weight is 258 g/mol. The summed E-state index contributed by atoms with van der Waals surface area (Å²) in [5, 5.41) is 0. The monoisotopic (exact) mass is 258 g/mol. The molecule has 0 aliphatic rings. The molecule has 1 heterocycles. The third-order valence-electron chi connectivity index (χ3n) is 2.74. The van der Waals surface area contributed by atoms with Gasteiger partial charge in [-0.2, -0.15) is 0 Å². The predicted octanol–water partition coefficient (Wildman–Crippen LogP) is 3.44. The fraction of sp³-hybridized carbons (Fsp3) is 0.267. The molecule has 0 aliphatic heterocycles. The number of pyridine rings is 1. The van der Waals surface area contributed by atoms with E-state index in [1.54, 1.807) is 0 Å². The highest BCUT2D eigenvalue weighted by Gasteiger charge is 2.01. The van der Waals surface area contributed by atoms with Crippen LogP contribution < -0.4 is 5.73 Å². The minimum atomic E-state index is 0.0985. The molecule has 2 nitrogen and oxygen atoms in total. The van der Waals surface area contributed by atoms with Crippen LogP contribution in [0.5, 0.6) is 0 Å². The summed E-state index contributed by atoms with van der Waals surface area (Å²) in [6, 6.07) is 14.6. The van der Waals surface area contributed by atoms with E-state index in [9.17, 15) is 0 Å². The first-order valence-electron chi connectivity index (χ1n) is 6.14. The zero-order chi connectivity index (χ0) is 12.8.